The number of nitrogens with zero attached hydrogens (tertiary/aromatic N) is 1. The number of nitrogens with two attached hydrogens (primary N) is 2. The second-order valence-corrected chi connectivity index (χ2v) is 8.64. The SMILES string of the molecule is CC(C)(C(=O)O)c1cc(-c2nc3cc(C(=N)N)ccc3[nH]2)c(O)c(-c2cc(CN)ccc2O)c1. The van der Waals surface area contributed by atoms with Gasteiger partial charge in [-0.15, -0.1) is 0 Å². The first-order chi connectivity index (χ1) is 16.0. The Bertz CT molecular complexity index is 1460. The molecule has 4 aromatic rings. The highest BCUT2D eigenvalue weighted by molar-refractivity contribution is 5.98. The first kappa shape index (κ1) is 22.8. The van der Waals surface area contributed by atoms with Crippen molar-refractivity contribution < 1.29 is 20.1 Å². The van der Waals surface area contributed by atoms with Crippen LogP contribution in [0.1, 0.15) is 30.5 Å². The number of imidazole rings is 1. The van der Waals surface area contributed by atoms with Crippen LogP contribution in [-0.4, -0.2) is 37.1 Å². The fourth-order valence-electron chi connectivity index (χ4n) is 3.73. The maximum Gasteiger partial charge on any atom is 0.313 e. The monoisotopic (exact) mass is 459 g/mol. The molecule has 9 heteroatoms. The summed E-state index contributed by atoms with van der Waals surface area (Å²) >= 11 is 0. The van der Waals surface area contributed by atoms with Crippen LogP contribution in [0, 0.1) is 5.41 Å². The summed E-state index contributed by atoms with van der Waals surface area (Å²) in [5.74, 6) is -1.12. The number of hydrogen-bond donors (Lipinski definition) is 7. The Labute approximate surface area is 195 Å². The van der Waals surface area contributed by atoms with Crippen molar-refractivity contribution in [2.45, 2.75) is 25.8 Å². The second kappa shape index (κ2) is 8.20. The van der Waals surface area contributed by atoms with Gasteiger partial charge >= 0.3 is 5.97 Å². The van der Waals surface area contributed by atoms with Crippen LogP contribution >= 0.6 is 0 Å². The number of aromatic hydroxyl groups is 2. The van der Waals surface area contributed by atoms with Gasteiger partial charge in [0.1, 0.15) is 23.2 Å². The molecule has 4 rings (SSSR count). The molecule has 0 atom stereocenters. The van der Waals surface area contributed by atoms with Gasteiger partial charge in [0, 0.05) is 23.2 Å². The van der Waals surface area contributed by atoms with E-state index in [-0.39, 0.29) is 35.0 Å². The van der Waals surface area contributed by atoms with Gasteiger partial charge < -0.3 is 31.8 Å². The highest BCUT2D eigenvalue weighted by atomic mass is 16.4. The van der Waals surface area contributed by atoms with Gasteiger partial charge in [0.05, 0.1) is 22.0 Å². The Morgan fingerprint density at radius 2 is 1.76 bits per heavy atom. The van der Waals surface area contributed by atoms with E-state index in [1.165, 1.54) is 6.07 Å². The summed E-state index contributed by atoms with van der Waals surface area (Å²) in [7, 11) is 0. The lowest BCUT2D eigenvalue weighted by molar-refractivity contribution is -0.142. The number of aromatic nitrogens is 2. The number of H-pyrrole nitrogens is 1. The van der Waals surface area contributed by atoms with Gasteiger partial charge in [-0.2, -0.15) is 0 Å². The first-order valence-corrected chi connectivity index (χ1v) is 10.5. The third-order valence-corrected chi connectivity index (χ3v) is 6.00. The lowest BCUT2D eigenvalue weighted by Crippen LogP contribution is -2.28. The predicted octanol–water partition coefficient (Wildman–Crippen LogP) is 3.41. The summed E-state index contributed by atoms with van der Waals surface area (Å²) in [5.41, 5.74) is 13.7. The van der Waals surface area contributed by atoms with E-state index in [2.05, 4.69) is 9.97 Å². The average Bonchev–Trinajstić information content (AvgIpc) is 3.22. The molecule has 0 fully saturated rings. The largest absolute Gasteiger partial charge is 0.507 e. The molecule has 174 valence electrons. The van der Waals surface area contributed by atoms with Crippen LogP contribution in [-0.2, 0) is 16.8 Å². The molecule has 0 radical (unpaired) electrons. The van der Waals surface area contributed by atoms with Crippen molar-refractivity contribution in [1.82, 2.24) is 9.97 Å². The molecule has 0 aliphatic heterocycles. The summed E-state index contributed by atoms with van der Waals surface area (Å²) < 4.78 is 0. The van der Waals surface area contributed by atoms with Crippen molar-refractivity contribution in [1.29, 1.82) is 5.41 Å². The number of phenols is 2. The average molecular weight is 460 g/mol. The summed E-state index contributed by atoms with van der Waals surface area (Å²) in [5, 5.41) is 39.3. The summed E-state index contributed by atoms with van der Waals surface area (Å²) in [4.78, 5) is 19.7. The van der Waals surface area contributed by atoms with Gasteiger partial charge in [-0.05, 0) is 67.4 Å². The summed E-state index contributed by atoms with van der Waals surface area (Å²) in [6.45, 7) is 3.34. The van der Waals surface area contributed by atoms with E-state index >= 15 is 0 Å². The van der Waals surface area contributed by atoms with E-state index in [1.54, 1.807) is 56.3 Å². The van der Waals surface area contributed by atoms with Crippen molar-refractivity contribution in [3.8, 4) is 34.0 Å². The number of aromatic amines is 1. The van der Waals surface area contributed by atoms with Crippen molar-refractivity contribution in [2.75, 3.05) is 0 Å². The highest BCUT2D eigenvalue weighted by Gasteiger charge is 2.32. The Morgan fingerprint density at radius 1 is 1.06 bits per heavy atom. The number of carboxylic acids is 1. The lowest BCUT2D eigenvalue weighted by atomic mass is 9.81. The molecule has 0 bridgehead atoms. The fourth-order valence-corrected chi connectivity index (χ4v) is 3.73. The van der Waals surface area contributed by atoms with Crippen LogP contribution in [0.5, 0.6) is 11.5 Å². The van der Waals surface area contributed by atoms with Gasteiger partial charge in [-0.3, -0.25) is 10.2 Å². The standard InChI is InChI=1S/C25H25N5O4/c1-25(2,24(33)34)14-9-16(15-7-12(11-26)3-6-20(15)31)21(32)17(10-14)23-29-18-5-4-13(22(27)28)8-19(18)30-23/h3-10,31-32H,11,26H2,1-2H3,(H3,27,28)(H,29,30)(H,33,34). The number of carbonyl (C=O) groups is 1. The number of rotatable bonds is 6. The minimum atomic E-state index is -1.30. The molecule has 9 nitrogen and oxygen atoms in total. The van der Waals surface area contributed by atoms with Gasteiger partial charge in [0.2, 0.25) is 0 Å². The van der Waals surface area contributed by atoms with Gasteiger partial charge in [0.15, 0.2) is 0 Å². The molecule has 0 spiro atoms. The smallest absolute Gasteiger partial charge is 0.313 e. The summed E-state index contributed by atoms with van der Waals surface area (Å²) in [6.07, 6.45) is 0. The predicted molar refractivity (Wildman–Crippen MR) is 130 cm³/mol. The van der Waals surface area contributed by atoms with Crippen LogP contribution in [0.15, 0.2) is 48.5 Å². The molecule has 0 aliphatic carbocycles. The van der Waals surface area contributed by atoms with E-state index in [1.807, 2.05) is 0 Å². The zero-order valence-corrected chi connectivity index (χ0v) is 18.7. The number of benzene rings is 3. The molecule has 0 aliphatic rings. The Balaban J connectivity index is 2.01. The van der Waals surface area contributed by atoms with Crippen LogP contribution in [0.2, 0.25) is 0 Å². The van der Waals surface area contributed by atoms with Crippen molar-refractivity contribution >= 4 is 22.8 Å². The van der Waals surface area contributed by atoms with Crippen LogP contribution in [0.25, 0.3) is 33.5 Å². The lowest BCUT2D eigenvalue weighted by Gasteiger charge is -2.23. The Hall–Kier alpha value is -4.37. The third-order valence-electron chi connectivity index (χ3n) is 6.00. The van der Waals surface area contributed by atoms with E-state index < -0.39 is 11.4 Å². The molecule has 1 heterocycles. The first-order valence-electron chi connectivity index (χ1n) is 10.5. The number of nitrogen functional groups attached to an aromatic ring is 1. The quantitative estimate of drug-likeness (QED) is 0.170. The minimum absolute atomic E-state index is 0.0839. The number of fused-ring (bicyclic) bond motifs is 1. The zero-order chi connectivity index (χ0) is 24.8. The fraction of sp³-hybridized carbons (Fsp3) is 0.160. The number of aliphatic carboxylic acids is 1. The number of hydrogen-bond acceptors (Lipinski definition) is 6. The normalized spacial score (nSPS) is 11.6. The molecule has 3 aromatic carbocycles. The van der Waals surface area contributed by atoms with E-state index in [0.717, 1.165) is 5.56 Å². The number of amidine groups is 1. The Kier molecular flexibility index (Phi) is 5.50. The zero-order valence-electron chi connectivity index (χ0n) is 18.7. The molecule has 0 unspecified atom stereocenters. The highest BCUT2D eigenvalue weighted by Crippen LogP contribution is 2.44. The van der Waals surface area contributed by atoms with Crippen molar-refractivity contribution in [3.63, 3.8) is 0 Å². The van der Waals surface area contributed by atoms with E-state index in [9.17, 15) is 20.1 Å². The van der Waals surface area contributed by atoms with Gasteiger partial charge in [0.25, 0.3) is 0 Å². The molecule has 1 aromatic heterocycles. The summed E-state index contributed by atoms with van der Waals surface area (Å²) in [6, 6.07) is 13.0. The van der Waals surface area contributed by atoms with Crippen LogP contribution in [0.4, 0.5) is 0 Å². The third kappa shape index (κ3) is 3.82. The second-order valence-electron chi connectivity index (χ2n) is 8.64. The number of nitrogens with one attached hydrogen (secondary N) is 2. The number of phenolic OH excluding ortho intramolecular Hbond substituents is 2. The van der Waals surface area contributed by atoms with E-state index in [4.69, 9.17) is 16.9 Å². The minimum Gasteiger partial charge on any atom is -0.507 e. The topological polar surface area (TPSA) is 182 Å². The Morgan fingerprint density at radius 3 is 2.41 bits per heavy atom. The van der Waals surface area contributed by atoms with Crippen LogP contribution in [0.3, 0.4) is 0 Å². The van der Waals surface area contributed by atoms with Crippen molar-refractivity contribution in [2.24, 2.45) is 11.5 Å². The molecule has 0 saturated carbocycles. The van der Waals surface area contributed by atoms with E-state index in [0.29, 0.717) is 33.5 Å². The van der Waals surface area contributed by atoms with Crippen LogP contribution < -0.4 is 11.5 Å². The molecule has 0 saturated heterocycles. The van der Waals surface area contributed by atoms with Crippen molar-refractivity contribution in [3.05, 3.63) is 65.2 Å². The molecular formula is C25H25N5O4. The maximum atomic E-state index is 12.0. The number of carboxylic acid groups (broad SMARTS) is 1. The molecule has 9 N–H and O–H groups in total. The molecular weight excluding hydrogens is 434 g/mol. The molecule has 0 amide bonds. The van der Waals surface area contributed by atoms with Gasteiger partial charge in [-0.25, -0.2) is 4.98 Å². The molecule has 34 heavy (non-hydrogen) atoms. The maximum absolute atomic E-state index is 12.0. The van der Waals surface area contributed by atoms with Gasteiger partial charge in [-0.1, -0.05) is 6.07 Å².